The predicted octanol–water partition coefficient (Wildman–Crippen LogP) is 0.625. The Morgan fingerprint density at radius 2 is 1.46 bits per heavy atom. The second-order valence-corrected chi connectivity index (χ2v) is 7.79. The molecule has 0 unspecified atom stereocenters. The number of halogens is 2. The van der Waals surface area contributed by atoms with Gasteiger partial charge < -0.3 is 0 Å². The zero-order valence-corrected chi connectivity index (χ0v) is 15.7. The summed E-state index contributed by atoms with van der Waals surface area (Å²) in [6.45, 7) is 0. The molecule has 136 valence electrons. The SMILES string of the molecule is O=[N+]([O-])c1ccc(-c2nsc(-c3ccc(Cl)cc3)[s+]2)cc1.[O-][Cl+3]([O-])([O-])[O-]. The fourth-order valence-corrected chi connectivity index (χ4v) is 3.82. The van der Waals surface area contributed by atoms with Crippen LogP contribution in [0.5, 0.6) is 0 Å². The first-order valence-corrected chi connectivity index (χ1v) is 9.76. The van der Waals surface area contributed by atoms with Crippen LogP contribution in [0.15, 0.2) is 48.5 Å². The number of nitro groups is 1. The normalized spacial score (nSPS) is 10.8. The van der Waals surface area contributed by atoms with Gasteiger partial charge >= 0.3 is 4.19 Å². The van der Waals surface area contributed by atoms with Gasteiger partial charge in [-0.15, -0.1) is 10.2 Å². The predicted molar refractivity (Wildman–Crippen MR) is 86.9 cm³/mol. The van der Waals surface area contributed by atoms with E-state index in [1.165, 1.54) is 23.7 Å². The highest BCUT2D eigenvalue weighted by Gasteiger charge is 2.20. The van der Waals surface area contributed by atoms with E-state index in [9.17, 15) is 10.1 Å². The summed E-state index contributed by atoms with van der Waals surface area (Å²) in [7, 11) is -4.94. The van der Waals surface area contributed by atoms with Crippen molar-refractivity contribution in [2.24, 2.45) is 0 Å². The van der Waals surface area contributed by atoms with E-state index >= 15 is 0 Å². The van der Waals surface area contributed by atoms with Crippen LogP contribution >= 0.6 is 34.5 Å². The van der Waals surface area contributed by atoms with Gasteiger partial charge in [0.05, 0.1) is 10.5 Å². The standard InChI is InChI=1S/C14H8ClN2O2S2.ClHO4/c15-11-5-1-10(2-6-11)14-20-13(16-21-14)9-3-7-12(8-4-9)17(18)19;2-1(3,4)5/h1-8H;(H,2,3,4,5)/q+1;/p-1. The summed E-state index contributed by atoms with van der Waals surface area (Å²) in [5.74, 6) is 0. The van der Waals surface area contributed by atoms with Gasteiger partial charge in [0.25, 0.3) is 10.7 Å². The molecule has 0 bridgehead atoms. The Kier molecular flexibility index (Phi) is 6.92. The van der Waals surface area contributed by atoms with E-state index in [1.54, 1.807) is 23.5 Å². The zero-order chi connectivity index (χ0) is 19.3. The van der Waals surface area contributed by atoms with Crippen LogP contribution in [0, 0.1) is 20.4 Å². The molecule has 1 aromatic heterocycles. The highest BCUT2D eigenvalue weighted by Crippen LogP contribution is 2.36. The Morgan fingerprint density at radius 1 is 0.962 bits per heavy atom. The van der Waals surface area contributed by atoms with Gasteiger partial charge in [-0.3, -0.25) is 10.1 Å². The molecule has 0 saturated heterocycles. The lowest BCUT2D eigenvalue weighted by Gasteiger charge is -2.17. The molecule has 0 atom stereocenters. The van der Waals surface area contributed by atoms with Gasteiger partial charge in [0, 0.05) is 22.7 Å². The van der Waals surface area contributed by atoms with E-state index < -0.39 is 15.2 Å². The summed E-state index contributed by atoms with van der Waals surface area (Å²) < 4.78 is 39.5. The molecule has 0 aliphatic rings. The summed E-state index contributed by atoms with van der Waals surface area (Å²) in [5.41, 5.74) is 2.02. The summed E-state index contributed by atoms with van der Waals surface area (Å²) in [5, 5.41) is 12.2. The first kappa shape index (κ1) is 20.6. The Balaban J connectivity index is 0.000000431. The van der Waals surface area contributed by atoms with E-state index in [2.05, 4.69) is 4.37 Å². The van der Waals surface area contributed by atoms with E-state index in [1.807, 2.05) is 24.3 Å². The van der Waals surface area contributed by atoms with Crippen LogP contribution < -0.4 is 18.6 Å². The van der Waals surface area contributed by atoms with Gasteiger partial charge in [-0.25, -0.2) is 18.6 Å². The van der Waals surface area contributed by atoms with Crippen LogP contribution in [-0.4, -0.2) is 9.30 Å². The van der Waals surface area contributed by atoms with E-state index in [4.69, 9.17) is 30.2 Å². The number of benzene rings is 2. The third-order valence-electron chi connectivity index (χ3n) is 2.81. The topological polar surface area (TPSA) is 148 Å². The summed E-state index contributed by atoms with van der Waals surface area (Å²) in [4.78, 5) is 10.2. The van der Waals surface area contributed by atoms with Crippen molar-refractivity contribution in [3.05, 3.63) is 63.7 Å². The molecule has 2 aromatic carbocycles. The highest BCUT2D eigenvalue weighted by molar-refractivity contribution is 7.34. The Bertz CT molecular complexity index is 876. The molecular weight excluding hydrogens is 427 g/mol. The molecule has 8 nitrogen and oxygen atoms in total. The van der Waals surface area contributed by atoms with Crippen LogP contribution in [0.2, 0.25) is 5.02 Å². The maximum atomic E-state index is 10.6. The van der Waals surface area contributed by atoms with Crippen molar-refractivity contribution in [1.29, 1.82) is 0 Å². The van der Waals surface area contributed by atoms with Crippen LogP contribution in [0.1, 0.15) is 0 Å². The molecule has 3 aromatic rings. The number of hydrogen-bond acceptors (Lipinski definition) is 8. The Morgan fingerprint density at radius 3 is 1.96 bits per heavy atom. The van der Waals surface area contributed by atoms with Gasteiger partial charge in [0.1, 0.15) is 11.3 Å². The number of rotatable bonds is 3. The Labute approximate surface area is 162 Å². The van der Waals surface area contributed by atoms with Crippen LogP contribution in [0.3, 0.4) is 0 Å². The first-order chi connectivity index (χ1) is 12.1. The lowest BCUT2D eigenvalue weighted by Crippen LogP contribution is -2.68. The third-order valence-corrected chi connectivity index (χ3v) is 5.26. The average Bonchev–Trinajstić information content (AvgIpc) is 3.04. The van der Waals surface area contributed by atoms with Crippen molar-refractivity contribution in [3.8, 4) is 20.3 Å². The highest BCUT2D eigenvalue weighted by atomic mass is 35.7. The number of hydrogen-bond donors (Lipinski definition) is 0. The number of non-ortho nitro benzene ring substituents is 1. The molecule has 1 heterocycles. The van der Waals surface area contributed by atoms with Crippen molar-refractivity contribution in [3.63, 3.8) is 0 Å². The fraction of sp³-hybridized carbons (Fsp3) is 0. The van der Waals surface area contributed by atoms with Crippen molar-refractivity contribution in [2.45, 2.75) is 0 Å². The van der Waals surface area contributed by atoms with Crippen molar-refractivity contribution in [1.82, 2.24) is 4.37 Å². The third kappa shape index (κ3) is 6.52. The maximum Gasteiger partial charge on any atom is 0.310 e. The first-order valence-electron chi connectivity index (χ1n) is 6.56. The van der Waals surface area contributed by atoms with E-state index in [-0.39, 0.29) is 5.69 Å². The average molecular weight is 435 g/mol. The van der Waals surface area contributed by atoms with Crippen molar-refractivity contribution >= 4 is 40.2 Å². The lowest BCUT2D eigenvalue weighted by molar-refractivity contribution is -2.00. The quantitative estimate of drug-likeness (QED) is 0.333. The monoisotopic (exact) mass is 434 g/mol. The Hall–Kier alpha value is -1.76. The van der Waals surface area contributed by atoms with Crippen LogP contribution in [0.4, 0.5) is 5.69 Å². The minimum Gasteiger partial charge on any atom is -0.258 e. The van der Waals surface area contributed by atoms with Crippen LogP contribution in [-0.2, 0) is 0 Å². The second kappa shape index (κ2) is 8.75. The minimum atomic E-state index is -4.94. The van der Waals surface area contributed by atoms with Gasteiger partial charge in [-0.05, 0) is 40.8 Å². The summed E-state index contributed by atoms with van der Waals surface area (Å²) in [6.07, 6.45) is 0. The molecule has 0 amide bonds. The zero-order valence-electron chi connectivity index (χ0n) is 12.5. The summed E-state index contributed by atoms with van der Waals surface area (Å²) in [6, 6.07) is 14.0. The van der Waals surface area contributed by atoms with E-state index in [0.717, 1.165) is 20.3 Å². The molecule has 0 aliphatic carbocycles. The number of nitrogens with zero attached hydrogens (tertiary/aromatic N) is 2. The molecule has 0 fully saturated rings. The molecule has 0 radical (unpaired) electrons. The molecule has 0 aliphatic heterocycles. The molecule has 0 N–H and O–H groups in total. The maximum absolute atomic E-state index is 10.6. The smallest absolute Gasteiger partial charge is 0.258 e. The second-order valence-electron chi connectivity index (χ2n) is 4.57. The van der Waals surface area contributed by atoms with Crippen molar-refractivity contribution < 1.29 is 33.8 Å². The van der Waals surface area contributed by atoms with Crippen LogP contribution in [0.25, 0.3) is 20.3 Å². The van der Waals surface area contributed by atoms with Gasteiger partial charge in [0.2, 0.25) is 11.5 Å². The molecule has 3 rings (SSSR count). The number of aromatic nitrogens is 1. The van der Waals surface area contributed by atoms with Gasteiger partial charge in [-0.1, -0.05) is 11.6 Å². The molecule has 12 heteroatoms. The fourth-order valence-electron chi connectivity index (χ4n) is 1.74. The molecule has 26 heavy (non-hydrogen) atoms. The van der Waals surface area contributed by atoms with Gasteiger partial charge in [0.15, 0.2) is 0 Å². The lowest BCUT2D eigenvalue weighted by atomic mass is 10.2. The van der Waals surface area contributed by atoms with Gasteiger partial charge in [-0.2, -0.15) is 0 Å². The molecule has 0 saturated carbocycles. The molecule has 0 spiro atoms. The van der Waals surface area contributed by atoms with Crippen molar-refractivity contribution in [2.75, 3.05) is 0 Å². The summed E-state index contributed by atoms with van der Waals surface area (Å²) >= 11 is 8.84. The van der Waals surface area contributed by atoms with E-state index in [0.29, 0.717) is 5.02 Å². The number of nitro benzene ring substituents is 1. The minimum absolute atomic E-state index is 0.0805. The largest absolute Gasteiger partial charge is 0.310 e. The molecular formula is C14H8Cl2N2O6S2.